The summed E-state index contributed by atoms with van der Waals surface area (Å²) in [5.74, 6) is 0. The Balaban J connectivity index is 1.80. The zero-order valence-electron chi connectivity index (χ0n) is 16.0. The number of hydrogen-bond acceptors (Lipinski definition) is 4. The van der Waals surface area contributed by atoms with Crippen LogP contribution in [0, 0.1) is 0 Å². The zero-order valence-corrected chi connectivity index (χ0v) is 16.7. The van der Waals surface area contributed by atoms with Crippen molar-refractivity contribution >= 4 is 29.3 Å². The molecule has 0 saturated heterocycles. The van der Waals surface area contributed by atoms with E-state index in [1.807, 2.05) is 12.1 Å². The minimum atomic E-state index is -4.44. The van der Waals surface area contributed by atoms with Crippen LogP contribution >= 0.6 is 11.6 Å². The fourth-order valence-electron chi connectivity index (χ4n) is 3.79. The quantitative estimate of drug-likeness (QED) is 0.315. The number of benzene rings is 3. The first-order chi connectivity index (χ1) is 14.8. The largest absolute Gasteiger partial charge is 0.416 e. The van der Waals surface area contributed by atoms with Crippen LogP contribution in [-0.4, -0.2) is 23.2 Å². The molecule has 1 N–H and O–H groups in total. The Morgan fingerprint density at radius 2 is 1.71 bits per heavy atom. The summed E-state index contributed by atoms with van der Waals surface area (Å²) in [6.45, 7) is 0.350. The van der Waals surface area contributed by atoms with Crippen LogP contribution in [0.5, 0.6) is 0 Å². The number of alkyl halides is 3. The van der Waals surface area contributed by atoms with Crippen LogP contribution in [0.15, 0.2) is 71.9 Å². The molecular formula is C23H16ClF3N2O2. The van der Waals surface area contributed by atoms with Gasteiger partial charge in [0.1, 0.15) is 18.0 Å². The minimum Gasteiger partial charge on any atom is -0.411 e. The number of nitrogens with zero attached hydrogens (tertiary/aromatic N) is 2. The fourth-order valence-corrected chi connectivity index (χ4v) is 3.92. The van der Waals surface area contributed by atoms with Crippen molar-refractivity contribution in [1.29, 1.82) is 0 Å². The van der Waals surface area contributed by atoms with Crippen LogP contribution in [0.3, 0.4) is 0 Å². The highest BCUT2D eigenvalue weighted by molar-refractivity contribution is 6.30. The Hall–Kier alpha value is -3.32. The molecule has 8 heteroatoms. The van der Waals surface area contributed by atoms with Crippen LogP contribution in [-0.2, 0) is 17.5 Å². The maximum absolute atomic E-state index is 12.9. The van der Waals surface area contributed by atoms with Crippen molar-refractivity contribution in [3.8, 4) is 11.1 Å². The fraction of sp³-hybridized carbons (Fsp3) is 0.130. The number of hydrogen-bond donors (Lipinski definition) is 1. The summed E-state index contributed by atoms with van der Waals surface area (Å²) in [5.41, 5.74) is 2.53. The number of halogens is 4. The number of carbonyl (C=O) groups is 1. The van der Waals surface area contributed by atoms with Gasteiger partial charge < -0.3 is 14.9 Å². The molecule has 3 aromatic carbocycles. The monoisotopic (exact) mass is 444 g/mol. The van der Waals surface area contributed by atoms with Gasteiger partial charge in [-0.1, -0.05) is 53.2 Å². The molecule has 158 valence electrons. The summed E-state index contributed by atoms with van der Waals surface area (Å²) in [6, 6.07) is 16.3. The van der Waals surface area contributed by atoms with E-state index in [-0.39, 0.29) is 5.71 Å². The third kappa shape index (κ3) is 3.88. The van der Waals surface area contributed by atoms with Gasteiger partial charge in [-0.15, -0.1) is 0 Å². The van der Waals surface area contributed by atoms with E-state index in [9.17, 15) is 23.2 Å². The van der Waals surface area contributed by atoms with Gasteiger partial charge in [0.2, 0.25) is 0 Å². The number of carbonyl (C=O) groups excluding carboxylic acids is 1. The number of rotatable bonds is 4. The first kappa shape index (κ1) is 20.9. The lowest BCUT2D eigenvalue weighted by Gasteiger charge is -2.23. The molecule has 4 rings (SSSR count). The zero-order chi connectivity index (χ0) is 22.2. The number of oxime groups is 1. The van der Waals surface area contributed by atoms with Gasteiger partial charge in [-0.2, -0.15) is 13.2 Å². The van der Waals surface area contributed by atoms with Crippen LogP contribution < -0.4 is 4.90 Å². The molecule has 0 aromatic heterocycles. The van der Waals surface area contributed by atoms with Gasteiger partial charge >= 0.3 is 6.18 Å². The molecule has 0 fully saturated rings. The van der Waals surface area contributed by atoms with Gasteiger partial charge in [0, 0.05) is 22.8 Å². The molecular weight excluding hydrogens is 429 g/mol. The van der Waals surface area contributed by atoms with Crippen LogP contribution in [0.4, 0.5) is 18.9 Å². The standard InChI is InChI=1S/C23H16ClF3N2O2/c24-17-10-4-14(5-11-17)12-29-19-3-1-2-18(21(19)22(28-31)20(29)13-30)15-6-8-16(9-7-15)23(25,26)27/h1-11,13,20,31H,12H2. The van der Waals surface area contributed by atoms with Crippen molar-refractivity contribution in [1.82, 2.24) is 0 Å². The second-order valence-corrected chi connectivity index (χ2v) is 7.53. The van der Waals surface area contributed by atoms with E-state index >= 15 is 0 Å². The Bertz CT molecular complexity index is 1140. The molecule has 1 atom stereocenters. The number of anilines is 1. The molecule has 3 aromatic rings. The molecule has 0 spiro atoms. The van der Waals surface area contributed by atoms with E-state index in [4.69, 9.17) is 11.6 Å². The summed E-state index contributed by atoms with van der Waals surface area (Å²) in [4.78, 5) is 13.7. The summed E-state index contributed by atoms with van der Waals surface area (Å²) in [5, 5.41) is 13.6. The van der Waals surface area contributed by atoms with E-state index in [0.29, 0.717) is 40.2 Å². The van der Waals surface area contributed by atoms with Crippen molar-refractivity contribution in [2.75, 3.05) is 4.90 Å². The van der Waals surface area contributed by atoms with Crippen LogP contribution in [0.2, 0.25) is 5.02 Å². The minimum absolute atomic E-state index is 0.148. The van der Waals surface area contributed by atoms with Gasteiger partial charge in [-0.25, -0.2) is 0 Å². The highest BCUT2D eigenvalue weighted by Crippen LogP contribution is 2.40. The first-order valence-corrected chi connectivity index (χ1v) is 9.70. The Labute approximate surface area is 181 Å². The maximum atomic E-state index is 12.9. The second-order valence-electron chi connectivity index (χ2n) is 7.10. The van der Waals surface area contributed by atoms with Crippen LogP contribution in [0.1, 0.15) is 16.7 Å². The molecule has 1 aliphatic rings. The Kier molecular flexibility index (Phi) is 5.45. The van der Waals surface area contributed by atoms with Crippen molar-refractivity contribution < 1.29 is 23.2 Å². The lowest BCUT2D eigenvalue weighted by Crippen LogP contribution is -2.36. The Morgan fingerprint density at radius 1 is 1.03 bits per heavy atom. The molecule has 1 aliphatic heterocycles. The van der Waals surface area contributed by atoms with Crippen molar-refractivity contribution in [2.45, 2.75) is 18.8 Å². The Morgan fingerprint density at radius 3 is 2.29 bits per heavy atom. The molecule has 1 heterocycles. The average molecular weight is 445 g/mol. The van der Waals surface area contributed by atoms with Crippen molar-refractivity contribution in [2.24, 2.45) is 5.16 Å². The first-order valence-electron chi connectivity index (χ1n) is 9.33. The predicted molar refractivity (Wildman–Crippen MR) is 113 cm³/mol. The van der Waals surface area contributed by atoms with Gasteiger partial charge in [0.05, 0.1) is 5.56 Å². The third-order valence-corrected chi connectivity index (χ3v) is 5.50. The summed E-state index contributed by atoms with van der Waals surface area (Å²) in [6.07, 6.45) is -3.76. The van der Waals surface area contributed by atoms with Gasteiger partial charge in [-0.05, 0) is 47.0 Å². The molecule has 0 radical (unpaired) electrons. The molecule has 31 heavy (non-hydrogen) atoms. The molecule has 4 nitrogen and oxygen atoms in total. The van der Waals surface area contributed by atoms with Crippen molar-refractivity contribution in [3.05, 3.63) is 88.4 Å². The van der Waals surface area contributed by atoms with Crippen LogP contribution in [0.25, 0.3) is 11.1 Å². The normalized spacial score (nSPS) is 17.1. The second kappa shape index (κ2) is 8.07. The van der Waals surface area contributed by atoms with E-state index in [0.717, 1.165) is 17.7 Å². The molecule has 0 amide bonds. The van der Waals surface area contributed by atoms with E-state index in [2.05, 4.69) is 5.16 Å². The topological polar surface area (TPSA) is 52.9 Å². The van der Waals surface area contributed by atoms with Gasteiger partial charge in [-0.3, -0.25) is 0 Å². The molecule has 1 unspecified atom stereocenters. The van der Waals surface area contributed by atoms with E-state index in [1.54, 1.807) is 35.2 Å². The summed E-state index contributed by atoms with van der Waals surface area (Å²) in [7, 11) is 0. The maximum Gasteiger partial charge on any atom is 0.416 e. The van der Waals surface area contributed by atoms with Gasteiger partial charge in [0.25, 0.3) is 0 Å². The lowest BCUT2D eigenvalue weighted by molar-refractivity contribution is -0.137. The van der Waals surface area contributed by atoms with E-state index in [1.165, 1.54) is 12.1 Å². The van der Waals surface area contributed by atoms with E-state index < -0.39 is 17.8 Å². The average Bonchev–Trinajstić information content (AvgIpc) is 3.07. The summed E-state index contributed by atoms with van der Waals surface area (Å²) >= 11 is 5.95. The lowest BCUT2D eigenvalue weighted by atomic mass is 9.95. The molecule has 0 bridgehead atoms. The highest BCUT2D eigenvalue weighted by atomic mass is 35.5. The number of fused-ring (bicyclic) bond motifs is 1. The van der Waals surface area contributed by atoms with Gasteiger partial charge in [0.15, 0.2) is 0 Å². The van der Waals surface area contributed by atoms with Crippen molar-refractivity contribution in [3.63, 3.8) is 0 Å². The SMILES string of the molecule is O=CC1C(=NO)c2c(-c3ccc(C(F)(F)F)cc3)cccc2N1Cc1ccc(Cl)cc1. The molecule has 0 aliphatic carbocycles. The summed E-state index contributed by atoms with van der Waals surface area (Å²) < 4.78 is 38.8. The predicted octanol–water partition coefficient (Wildman–Crippen LogP) is 5.79. The number of aldehydes is 1. The highest BCUT2D eigenvalue weighted by Gasteiger charge is 2.38. The third-order valence-electron chi connectivity index (χ3n) is 5.25. The smallest absolute Gasteiger partial charge is 0.411 e. The molecule has 0 saturated carbocycles.